The third-order valence-corrected chi connectivity index (χ3v) is 3.02. The Bertz CT molecular complexity index is 803. The van der Waals surface area contributed by atoms with Crippen molar-refractivity contribution in [3.8, 4) is 0 Å². The highest BCUT2D eigenvalue weighted by Crippen LogP contribution is 2.16. The van der Waals surface area contributed by atoms with E-state index in [1.54, 1.807) is 42.9 Å². The van der Waals surface area contributed by atoms with Gasteiger partial charge in [-0.25, -0.2) is 0 Å². The second-order valence-corrected chi connectivity index (χ2v) is 4.45. The number of nitrogens with one attached hydrogen (secondary N) is 1. The average molecular weight is 279 g/mol. The Morgan fingerprint density at radius 2 is 1.81 bits per heavy atom. The van der Waals surface area contributed by atoms with Gasteiger partial charge in [0, 0.05) is 36.4 Å². The van der Waals surface area contributed by atoms with E-state index in [9.17, 15) is 4.79 Å². The van der Waals surface area contributed by atoms with E-state index < -0.39 is 0 Å². The molecule has 0 fully saturated rings. The van der Waals surface area contributed by atoms with Crippen molar-refractivity contribution in [1.29, 1.82) is 0 Å². The topological polar surface area (TPSA) is 93.8 Å². The minimum Gasteiger partial charge on any atom is -0.325 e. The van der Waals surface area contributed by atoms with Crippen molar-refractivity contribution in [2.24, 2.45) is 5.73 Å². The van der Waals surface area contributed by atoms with Crippen molar-refractivity contribution >= 4 is 22.6 Å². The Kier molecular flexibility index (Phi) is 3.53. The lowest BCUT2D eigenvalue weighted by molar-refractivity contribution is 0.102. The summed E-state index contributed by atoms with van der Waals surface area (Å²) in [5.74, 6) is -0.213. The third-order valence-electron chi connectivity index (χ3n) is 3.02. The number of aromatic nitrogens is 3. The van der Waals surface area contributed by atoms with Crippen LogP contribution in [0.25, 0.3) is 11.0 Å². The maximum absolute atomic E-state index is 12.2. The van der Waals surface area contributed by atoms with Crippen LogP contribution in [0.1, 0.15) is 16.1 Å². The van der Waals surface area contributed by atoms with Crippen molar-refractivity contribution in [3.05, 3.63) is 60.2 Å². The summed E-state index contributed by atoms with van der Waals surface area (Å²) in [7, 11) is 0. The molecule has 3 rings (SSSR count). The van der Waals surface area contributed by atoms with Crippen LogP contribution in [0.3, 0.4) is 0 Å². The van der Waals surface area contributed by atoms with Crippen molar-refractivity contribution in [2.45, 2.75) is 6.54 Å². The molecule has 2 heterocycles. The van der Waals surface area contributed by atoms with Gasteiger partial charge in [-0.1, -0.05) is 0 Å². The maximum atomic E-state index is 12.2. The monoisotopic (exact) mass is 279 g/mol. The number of anilines is 1. The van der Waals surface area contributed by atoms with Crippen LogP contribution in [0.5, 0.6) is 0 Å². The molecular weight excluding hydrogens is 266 g/mol. The first-order valence-electron chi connectivity index (χ1n) is 6.43. The number of nitrogens with zero attached hydrogens (tertiary/aromatic N) is 3. The van der Waals surface area contributed by atoms with E-state index in [0.29, 0.717) is 23.5 Å². The molecule has 104 valence electrons. The molecule has 0 saturated heterocycles. The molecule has 0 saturated carbocycles. The van der Waals surface area contributed by atoms with Crippen molar-refractivity contribution in [2.75, 3.05) is 5.32 Å². The number of nitrogens with two attached hydrogens (primary N) is 1. The van der Waals surface area contributed by atoms with Gasteiger partial charge in [0.15, 0.2) is 0 Å². The van der Waals surface area contributed by atoms with E-state index in [-0.39, 0.29) is 5.91 Å². The standard InChI is InChI=1S/C15H13N5O/c16-9-12-7-10(3-4-17-12)15(21)20-11-1-2-13-14(8-11)19-6-5-18-13/h1-8H,9,16H2,(H,20,21). The van der Waals surface area contributed by atoms with Crippen LogP contribution < -0.4 is 11.1 Å². The van der Waals surface area contributed by atoms with Crippen molar-refractivity contribution < 1.29 is 4.79 Å². The van der Waals surface area contributed by atoms with E-state index in [4.69, 9.17) is 5.73 Å². The van der Waals surface area contributed by atoms with Gasteiger partial charge in [0.2, 0.25) is 0 Å². The molecule has 3 N–H and O–H groups in total. The van der Waals surface area contributed by atoms with Crippen LogP contribution in [0.4, 0.5) is 5.69 Å². The Labute approximate surface area is 121 Å². The molecule has 0 bridgehead atoms. The molecule has 0 atom stereocenters. The van der Waals surface area contributed by atoms with Crippen molar-refractivity contribution in [3.63, 3.8) is 0 Å². The van der Waals surface area contributed by atoms with E-state index in [1.165, 1.54) is 0 Å². The number of amides is 1. The number of hydrogen-bond acceptors (Lipinski definition) is 5. The van der Waals surface area contributed by atoms with Gasteiger partial charge in [-0.3, -0.25) is 19.7 Å². The fourth-order valence-corrected chi connectivity index (χ4v) is 1.98. The highest BCUT2D eigenvalue weighted by atomic mass is 16.1. The van der Waals surface area contributed by atoms with E-state index in [1.807, 2.05) is 6.07 Å². The highest BCUT2D eigenvalue weighted by Gasteiger charge is 2.08. The molecule has 1 aromatic carbocycles. The average Bonchev–Trinajstić information content (AvgIpc) is 2.54. The molecule has 0 unspecified atom stereocenters. The summed E-state index contributed by atoms with van der Waals surface area (Å²) >= 11 is 0. The van der Waals surface area contributed by atoms with Gasteiger partial charge in [0.25, 0.3) is 5.91 Å². The third kappa shape index (κ3) is 2.85. The maximum Gasteiger partial charge on any atom is 0.255 e. The summed E-state index contributed by atoms with van der Waals surface area (Å²) in [5.41, 5.74) is 8.89. The molecule has 0 spiro atoms. The lowest BCUT2D eigenvalue weighted by Gasteiger charge is -2.06. The first-order chi connectivity index (χ1) is 10.3. The van der Waals surface area contributed by atoms with Crippen LogP contribution in [-0.2, 0) is 6.54 Å². The summed E-state index contributed by atoms with van der Waals surface area (Å²) in [6.45, 7) is 0.298. The number of pyridine rings is 1. The van der Waals surface area contributed by atoms with E-state index >= 15 is 0 Å². The molecule has 2 aromatic heterocycles. The Morgan fingerprint density at radius 1 is 1.00 bits per heavy atom. The summed E-state index contributed by atoms with van der Waals surface area (Å²) in [6.07, 6.45) is 4.82. The zero-order valence-corrected chi connectivity index (χ0v) is 11.2. The largest absolute Gasteiger partial charge is 0.325 e. The fraction of sp³-hybridized carbons (Fsp3) is 0.0667. The van der Waals surface area contributed by atoms with Gasteiger partial charge in [-0.05, 0) is 30.3 Å². The molecule has 6 heteroatoms. The molecule has 0 aliphatic heterocycles. The number of benzene rings is 1. The Morgan fingerprint density at radius 3 is 2.62 bits per heavy atom. The molecular formula is C15H13N5O. The molecule has 3 aromatic rings. The molecule has 0 aliphatic carbocycles. The molecule has 0 aliphatic rings. The zero-order chi connectivity index (χ0) is 14.7. The van der Waals surface area contributed by atoms with Gasteiger partial charge in [0.1, 0.15) is 0 Å². The number of carbonyl (C=O) groups excluding carboxylic acids is 1. The summed E-state index contributed by atoms with van der Waals surface area (Å²) in [5, 5.41) is 2.83. The normalized spacial score (nSPS) is 10.5. The minimum atomic E-state index is -0.213. The quantitative estimate of drug-likeness (QED) is 0.761. The first-order valence-corrected chi connectivity index (χ1v) is 6.43. The second kappa shape index (κ2) is 5.64. The summed E-state index contributed by atoms with van der Waals surface area (Å²) < 4.78 is 0. The lowest BCUT2D eigenvalue weighted by atomic mass is 10.2. The lowest BCUT2D eigenvalue weighted by Crippen LogP contribution is -2.13. The SMILES string of the molecule is NCc1cc(C(=O)Nc2ccc3nccnc3c2)ccn1. The van der Waals surface area contributed by atoms with Gasteiger partial charge in [-0.2, -0.15) is 0 Å². The fourth-order valence-electron chi connectivity index (χ4n) is 1.98. The molecule has 1 amide bonds. The Hall–Kier alpha value is -2.86. The molecule has 6 nitrogen and oxygen atoms in total. The van der Waals surface area contributed by atoms with E-state index in [0.717, 1.165) is 11.0 Å². The molecule has 0 radical (unpaired) electrons. The number of fused-ring (bicyclic) bond motifs is 1. The minimum absolute atomic E-state index is 0.213. The predicted octanol–water partition coefficient (Wildman–Crippen LogP) is 1.74. The number of rotatable bonds is 3. The first kappa shape index (κ1) is 13.1. The number of hydrogen-bond donors (Lipinski definition) is 2. The van der Waals surface area contributed by atoms with Gasteiger partial charge in [0.05, 0.1) is 16.7 Å². The Balaban J connectivity index is 1.85. The van der Waals surface area contributed by atoms with Crippen LogP contribution >= 0.6 is 0 Å². The smallest absolute Gasteiger partial charge is 0.255 e. The predicted molar refractivity (Wildman–Crippen MR) is 79.6 cm³/mol. The van der Waals surface area contributed by atoms with Crippen LogP contribution in [-0.4, -0.2) is 20.9 Å². The zero-order valence-electron chi connectivity index (χ0n) is 11.2. The number of carbonyl (C=O) groups is 1. The molecule has 21 heavy (non-hydrogen) atoms. The van der Waals surface area contributed by atoms with Crippen molar-refractivity contribution in [1.82, 2.24) is 15.0 Å². The van der Waals surface area contributed by atoms with Crippen LogP contribution in [0.15, 0.2) is 48.9 Å². The van der Waals surface area contributed by atoms with Gasteiger partial charge in [-0.15, -0.1) is 0 Å². The van der Waals surface area contributed by atoms with Gasteiger partial charge < -0.3 is 11.1 Å². The highest BCUT2D eigenvalue weighted by molar-refractivity contribution is 6.04. The summed E-state index contributed by atoms with van der Waals surface area (Å²) in [6, 6.07) is 8.71. The van der Waals surface area contributed by atoms with E-state index in [2.05, 4.69) is 20.3 Å². The second-order valence-electron chi connectivity index (χ2n) is 4.45. The van der Waals surface area contributed by atoms with Gasteiger partial charge >= 0.3 is 0 Å². The van der Waals surface area contributed by atoms with Crippen LogP contribution in [0, 0.1) is 0 Å². The van der Waals surface area contributed by atoms with Crippen LogP contribution in [0.2, 0.25) is 0 Å². The summed E-state index contributed by atoms with van der Waals surface area (Å²) in [4.78, 5) is 24.7.